The molecule has 1 heterocycles. The van der Waals surface area contributed by atoms with E-state index in [1.807, 2.05) is 0 Å². The van der Waals surface area contributed by atoms with Gasteiger partial charge in [-0.3, -0.25) is 4.79 Å². The smallest absolute Gasteiger partial charge is 0.305 e. The normalized spacial score (nSPS) is 11.6. The Hall–Kier alpha value is -3.33. The van der Waals surface area contributed by atoms with Gasteiger partial charge in [-0.15, -0.1) is 0 Å². The number of nitrogens with zero attached hydrogens (tertiary/aromatic N) is 1. The fraction of sp³-hybridized carbons (Fsp3) is 0.300. The van der Waals surface area contributed by atoms with Gasteiger partial charge in [-0.05, 0) is 71.2 Å². The van der Waals surface area contributed by atoms with Crippen molar-refractivity contribution in [2.45, 2.75) is 51.9 Å². The van der Waals surface area contributed by atoms with E-state index in [0.29, 0.717) is 12.8 Å². The molecule has 33 heavy (non-hydrogen) atoms. The second-order valence-electron chi connectivity index (χ2n) is 9.73. The Morgan fingerprint density at radius 1 is 0.848 bits per heavy atom. The van der Waals surface area contributed by atoms with Crippen LogP contribution in [-0.2, 0) is 34.2 Å². The first kappa shape index (κ1) is 22.8. The highest BCUT2D eigenvalue weighted by atomic mass is 16.5. The van der Waals surface area contributed by atoms with Gasteiger partial charge in [0.05, 0.1) is 12.6 Å². The van der Waals surface area contributed by atoms with Crippen molar-refractivity contribution in [3.8, 4) is 5.69 Å². The summed E-state index contributed by atoms with van der Waals surface area (Å²) in [6, 6.07) is 26.1. The fourth-order valence-corrected chi connectivity index (χ4v) is 4.31. The molecule has 0 atom stereocenters. The standard InChI is InChI=1S/C30H33NO2/c1-30(2,3)25-14-16-26(17-15-25)31-21-24(13-10-22-8-6-5-7-9-22)27-20-23(11-18-28(27)31)12-19-29(32)33-4/h5-9,11,14-18,20-21H,10,12-13,19H2,1-4H3. The number of fused-ring (bicyclic) bond motifs is 1. The van der Waals surface area contributed by atoms with Gasteiger partial charge >= 0.3 is 5.97 Å². The van der Waals surface area contributed by atoms with Gasteiger partial charge < -0.3 is 9.30 Å². The third-order valence-corrected chi connectivity index (χ3v) is 6.33. The number of hydrogen-bond donors (Lipinski definition) is 0. The molecule has 0 saturated heterocycles. The van der Waals surface area contributed by atoms with Gasteiger partial charge in [0, 0.05) is 23.7 Å². The summed E-state index contributed by atoms with van der Waals surface area (Å²) in [4.78, 5) is 11.6. The zero-order chi connectivity index (χ0) is 23.4. The first-order valence-electron chi connectivity index (χ1n) is 11.7. The number of esters is 1. The average Bonchev–Trinajstić information content (AvgIpc) is 3.19. The maximum atomic E-state index is 11.6. The number of ether oxygens (including phenoxy) is 1. The number of hydrogen-bond acceptors (Lipinski definition) is 2. The van der Waals surface area contributed by atoms with Crippen LogP contribution in [0.25, 0.3) is 16.6 Å². The maximum absolute atomic E-state index is 11.6. The SMILES string of the molecule is COC(=O)CCc1ccc2c(c1)c(CCc1ccccc1)cn2-c1ccc(C(C)(C)C)cc1. The quantitative estimate of drug-likeness (QED) is 0.296. The van der Waals surface area contributed by atoms with Crippen LogP contribution in [0.15, 0.2) is 79.0 Å². The molecule has 3 aromatic carbocycles. The van der Waals surface area contributed by atoms with Gasteiger partial charge in [-0.1, -0.05) is 69.3 Å². The number of rotatable bonds is 7. The summed E-state index contributed by atoms with van der Waals surface area (Å²) in [5.41, 5.74) is 7.66. The number of carbonyl (C=O) groups excluding carboxylic acids is 1. The van der Waals surface area contributed by atoms with Crippen LogP contribution in [0.3, 0.4) is 0 Å². The molecule has 0 unspecified atom stereocenters. The van der Waals surface area contributed by atoms with E-state index in [2.05, 4.69) is 104 Å². The molecule has 3 nitrogen and oxygen atoms in total. The van der Waals surface area contributed by atoms with Gasteiger partial charge in [0.25, 0.3) is 0 Å². The lowest BCUT2D eigenvalue weighted by molar-refractivity contribution is -0.140. The highest BCUT2D eigenvalue weighted by Crippen LogP contribution is 2.29. The monoisotopic (exact) mass is 439 g/mol. The van der Waals surface area contributed by atoms with Crippen molar-refractivity contribution in [3.63, 3.8) is 0 Å². The molecule has 0 N–H and O–H groups in total. The van der Waals surface area contributed by atoms with E-state index in [1.165, 1.54) is 40.4 Å². The Kier molecular flexibility index (Phi) is 6.69. The van der Waals surface area contributed by atoms with Crippen LogP contribution in [0.2, 0.25) is 0 Å². The van der Waals surface area contributed by atoms with Crippen molar-refractivity contribution in [3.05, 3.63) is 101 Å². The van der Waals surface area contributed by atoms with Crippen LogP contribution in [0, 0.1) is 0 Å². The van der Waals surface area contributed by atoms with E-state index < -0.39 is 0 Å². The zero-order valence-corrected chi connectivity index (χ0v) is 20.1. The van der Waals surface area contributed by atoms with Crippen molar-refractivity contribution in [2.24, 2.45) is 0 Å². The Morgan fingerprint density at radius 2 is 1.58 bits per heavy atom. The molecular weight excluding hydrogens is 406 g/mol. The molecule has 0 spiro atoms. The number of methoxy groups -OCH3 is 1. The van der Waals surface area contributed by atoms with E-state index in [-0.39, 0.29) is 11.4 Å². The first-order chi connectivity index (χ1) is 15.8. The number of aromatic nitrogens is 1. The van der Waals surface area contributed by atoms with Gasteiger partial charge in [-0.2, -0.15) is 0 Å². The molecule has 170 valence electrons. The van der Waals surface area contributed by atoms with E-state index >= 15 is 0 Å². The van der Waals surface area contributed by atoms with Crippen LogP contribution < -0.4 is 0 Å². The summed E-state index contributed by atoms with van der Waals surface area (Å²) < 4.78 is 7.12. The van der Waals surface area contributed by atoms with Crippen LogP contribution in [-0.4, -0.2) is 17.6 Å². The number of aryl methyl sites for hydroxylation is 3. The summed E-state index contributed by atoms with van der Waals surface area (Å²) >= 11 is 0. The molecule has 0 aliphatic carbocycles. The Bertz CT molecular complexity index is 1230. The minimum atomic E-state index is -0.170. The second kappa shape index (κ2) is 9.66. The molecule has 0 fully saturated rings. The minimum absolute atomic E-state index is 0.132. The Morgan fingerprint density at radius 3 is 2.24 bits per heavy atom. The largest absolute Gasteiger partial charge is 0.469 e. The van der Waals surface area contributed by atoms with E-state index in [1.54, 1.807) is 0 Å². The van der Waals surface area contributed by atoms with Crippen molar-refractivity contribution in [1.29, 1.82) is 0 Å². The molecule has 0 saturated carbocycles. The summed E-state index contributed by atoms with van der Waals surface area (Å²) in [5.74, 6) is -0.170. The molecule has 0 aliphatic heterocycles. The topological polar surface area (TPSA) is 31.2 Å². The van der Waals surface area contributed by atoms with Crippen LogP contribution >= 0.6 is 0 Å². The maximum Gasteiger partial charge on any atom is 0.305 e. The molecule has 0 bridgehead atoms. The third-order valence-electron chi connectivity index (χ3n) is 6.33. The first-order valence-corrected chi connectivity index (χ1v) is 11.7. The van der Waals surface area contributed by atoms with Crippen molar-refractivity contribution >= 4 is 16.9 Å². The van der Waals surface area contributed by atoms with E-state index in [4.69, 9.17) is 4.74 Å². The molecule has 1 aromatic heterocycles. The predicted octanol–water partition coefficient (Wildman–Crippen LogP) is 6.82. The molecule has 4 aromatic rings. The van der Waals surface area contributed by atoms with Crippen molar-refractivity contribution in [2.75, 3.05) is 7.11 Å². The molecule has 3 heteroatoms. The van der Waals surface area contributed by atoms with E-state index in [9.17, 15) is 4.79 Å². The summed E-state index contributed by atoms with van der Waals surface area (Å²) in [7, 11) is 1.44. The van der Waals surface area contributed by atoms with Crippen LogP contribution in [0.4, 0.5) is 0 Å². The highest BCUT2D eigenvalue weighted by molar-refractivity contribution is 5.86. The molecule has 0 aliphatic rings. The lowest BCUT2D eigenvalue weighted by Gasteiger charge is -2.19. The third kappa shape index (κ3) is 5.36. The van der Waals surface area contributed by atoms with Crippen molar-refractivity contribution in [1.82, 2.24) is 4.57 Å². The predicted molar refractivity (Wildman–Crippen MR) is 136 cm³/mol. The highest BCUT2D eigenvalue weighted by Gasteiger charge is 2.15. The summed E-state index contributed by atoms with van der Waals surface area (Å²) in [5, 5.41) is 1.26. The van der Waals surface area contributed by atoms with Crippen LogP contribution in [0.5, 0.6) is 0 Å². The zero-order valence-electron chi connectivity index (χ0n) is 20.1. The summed E-state index contributed by atoms with van der Waals surface area (Å²) in [6.07, 6.45) is 5.33. The summed E-state index contributed by atoms with van der Waals surface area (Å²) in [6.45, 7) is 6.72. The molecular formula is C30H33NO2. The van der Waals surface area contributed by atoms with Crippen LogP contribution in [0.1, 0.15) is 49.4 Å². The molecule has 4 rings (SSSR count). The molecule has 0 amide bonds. The van der Waals surface area contributed by atoms with Crippen molar-refractivity contribution < 1.29 is 9.53 Å². The number of benzene rings is 3. The number of carbonyl (C=O) groups is 1. The molecule has 0 radical (unpaired) electrons. The van der Waals surface area contributed by atoms with Gasteiger partial charge in [-0.25, -0.2) is 0 Å². The Labute approximate surface area is 197 Å². The average molecular weight is 440 g/mol. The van der Waals surface area contributed by atoms with Gasteiger partial charge in [0.2, 0.25) is 0 Å². The lowest BCUT2D eigenvalue weighted by atomic mass is 9.87. The lowest BCUT2D eigenvalue weighted by Crippen LogP contribution is -2.10. The van der Waals surface area contributed by atoms with Gasteiger partial charge in [0.1, 0.15) is 0 Å². The van der Waals surface area contributed by atoms with Gasteiger partial charge in [0.15, 0.2) is 0 Å². The second-order valence-corrected chi connectivity index (χ2v) is 9.73. The van der Waals surface area contributed by atoms with E-state index in [0.717, 1.165) is 18.4 Å². The minimum Gasteiger partial charge on any atom is -0.469 e. The Balaban J connectivity index is 1.70. The fourth-order valence-electron chi connectivity index (χ4n) is 4.31.